The summed E-state index contributed by atoms with van der Waals surface area (Å²) < 4.78 is 15.8. The first-order valence-corrected chi connectivity index (χ1v) is 7.67. The van der Waals surface area contributed by atoms with Crippen LogP contribution in [0.5, 0.6) is 17.2 Å². The quantitative estimate of drug-likeness (QED) is 0.836. The Morgan fingerprint density at radius 2 is 1.68 bits per heavy atom. The van der Waals surface area contributed by atoms with Crippen LogP contribution >= 0.6 is 0 Å². The van der Waals surface area contributed by atoms with Crippen LogP contribution in [0.25, 0.3) is 0 Å². The van der Waals surface area contributed by atoms with E-state index in [9.17, 15) is 10.1 Å². The van der Waals surface area contributed by atoms with Crippen LogP contribution in [0.1, 0.15) is 17.9 Å². The summed E-state index contributed by atoms with van der Waals surface area (Å²) in [5, 5.41) is 12.1. The highest BCUT2D eigenvalue weighted by Crippen LogP contribution is 2.39. The second kappa shape index (κ2) is 8.60. The molecule has 2 aromatic rings. The van der Waals surface area contributed by atoms with Gasteiger partial charge < -0.3 is 19.5 Å². The van der Waals surface area contributed by atoms with E-state index < -0.39 is 5.92 Å². The van der Waals surface area contributed by atoms with E-state index in [4.69, 9.17) is 14.2 Å². The van der Waals surface area contributed by atoms with Gasteiger partial charge in [0.1, 0.15) is 22.9 Å². The number of hydrogen-bond donors (Lipinski definition) is 1. The van der Waals surface area contributed by atoms with Crippen LogP contribution in [-0.4, -0.2) is 27.2 Å². The average molecular weight is 340 g/mol. The van der Waals surface area contributed by atoms with Crippen LogP contribution in [0.3, 0.4) is 0 Å². The minimum atomic E-state index is -0.531. The molecule has 2 aromatic carbocycles. The summed E-state index contributed by atoms with van der Waals surface area (Å²) in [4.78, 5) is 12.4. The third-order valence-corrected chi connectivity index (χ3v) is 3.73. The fourth-order valence-corrected chi connectivity index (χ4v) is 2.43. The zero-order valence-electron chi connectivity index (χ0n) is 14.4. The number of benzene rings is 2. The predicted octanol–water partition coefficient (Wildman–Crippen LogP) is 3.35. The molecule has 25 heavy (non-hydrogen) atoms. The topological polar surface area (TPSA) is 80.6 Å². The fraction of sp³-hybridized carbons (Fsp3) is 0.263. The van der Waals surface area contributed by atoms with Crippen LogP contribution in [-0.2, 0) is 4.79 Å². The number of nitriles is 1. The molecule has 0 aliphatic carbocycles. The fourth-order valence-electron chi connectivity index (χ4n) is 2.43. The number of nitrogens with one attached hydrogen (secondary N) is 1. The summed E-state index contributed by atoms with van der Waals surface area (Å²) in [6.07, 6.45) is 0.0266. The molecule has 0 bridgehead atoms. The maximum Gasteiger partial charge on any atom is 0.226 e. The summed E-state index contributed by atoms with van der Waals surface area (Å²) >= 11 is 0. The van der Waals surface area contributed by atoms with Gasteiger partial charge in [-0.05, 0) is 5.56 Å². The number of amides is 1. The van der Waals surface area contributed by atoms with Gasteiger partial charge in [0.15, 0.2) is 0 Å². The van der Waals surface area contributed by atoms with Gasteiger partial charge in [-0.25, -0.2) is 0 Å². The van der Waals surface area contributed by atoms with Crippen molar-refractivity contribution in [1.29, 1.82) is 5.26 Å². The summed E-state index contributed by atoms with van der Waals surface area (Å²) in [7, 11) is 4.52. The van der Waals surface area contributed by atoms with Crippen molar-refractivity contribution in [3.05, 3.63) is 48.0 Å². The number of nitrogens with zero attached hydrogens (tertiary/aromatic N) is 1. The molecule has 1 atom stereocenters. The summed E-state index contributed by atoms with van der Waals surface area (Å²) in [5.41, 5.74) is 1.20. The largest absolute Gasteiger partial charge is 0.496 e. The summed E-state index contributed by atoms with van der Waals surface area (Å²) in [6.45, 7) is 0. The first-order valence-electron chi connectivity index (χ1n) is 7.67. The molecule has 1 N–H and O–H groups in total. The van der Waals surface area contributed by atoms with Gasteiger partial charge in [0.25, 0.3) is 0 Å². The van der Waals surface area contributed by atoms with Gasteiger partial charge in [-0.15, -0.1) is 0 Å². The molecule has 1 amide bonds. The van der Waals surface area contributed by atoms with E-state index in [2.05, 4.69) is 11.4 Å². The lowest BCUT2D eigenvalue weighted by atomic mass is 9.97. The number of carbonyl (C=O) groups is 1. The van der Waals surface area contributed by atoms with Crippen LogP contribution in [0.15, 0.2) is 42.5 Å². The third kappa shape index (κ3) is 4.42. The SMILES string of the molecule is COc1cc(OC)c(NC(=O)CC(C#N)c2ccccc2)c(OC)c1. The first kappa shape index (κ1) is 18.1. The van der Waals surface area contributed by atoms with Crippen molar-refractivity contribution in [2.75, 3.05) is 26.6 Å². The molecule has 2 rings (SSSR count). The number of rotatable bonds is 7. The van der Waals surface area contributed by atoms with Crippen molar-refractivity contribution in [2.24, 2.45) is 0 Å². The Labute approximate surface area is 146 Å². The summed E-state index contributed by atoms with van der Waals surface area (Å²) in [5.74, 6) is 0.537. The average Bonchev–Trinajstić information content (AvgIpc) is 2.66. The van der Waals surface area contributed by atoms with E-state index in [-0.39, 0.29) is 12.3 Å². The van der Waals surface area contributed by atoms with Gasteiger partial charge in [-0.1, -0.05) is 30.3 Å². The van der Waals surface area contributed by atoms with Crippen molar-refractivity contribution in [1.82, 2.24) is 0 Å². The maximum atomic E-state index is 12.4. The van der Waals surface area contributed by atoms with Gasteiger partial charge in [-0.2, -0.15) is 5.26 Å². The number of methoxy groups -OCH3 is 3. The lowest BCUT2D eigenvalue weighted by Crippen LogP contribution is -2.16. The standard InChI is InChI=1S/C19H20N2O4/c1-23-15-10-16(24-2)19(17(11-15)25-3)21-18(22)9-14(12-20)13-7-5-4-6-8-13/h4-8,10-11,14H,9H2,1-3H3,(H,21,22). The van der Waals surface area contributed by atoms with Gasteiger partial charge in [0, 0.05) is 18.6 Å². The van der Waals surface area contributed by atoms with E-state index in [1.807, 2.05) is 30.3 Å². The molecule has 0 saturated heterocycles. The molecule has 130 valence electrons. The number of ether oxygens (including phenoxy) is 3. The second-order valence-corrected chi connectivity index (χ2v) is 5.25. The lowest BCUT2D eigenvalue weighted by Gasteiger charge is -2.16. The maximum absolute atomic E-state index is 12.4. The van der Waals surface area contributed by atoms with Crippen molar-refractivity contribution < 1.29 is 19.0 Å². The minimum absolute atomic E-state index is 0.0266. The molecule has 6 heteroatoms. The lowest BCUT2D eigenvalue weighted by molar-refractivity contribution is -0.116. The first-order chi connectivity index (χ1) is 12.1. The van der Waals surface area contributed by atoms with Gasteiger partial charge in [0.05, 0.1) is 33.3 Å². The smallest absolute Gasteiger partial charge is 0.226 e. The highest BCUT2D eigenvalue weighted by Gasteiger charge is 2.19. The van der Waals surface area contributed by atoms with Gasteiger partial charge in [0.2, 0.25) is 5.91 Å². The van der Waals surface area contributed by atoms with Crippen LogP contribution < -0.4 is 19.5 Å². The number of anilines is 1. The second-order valence-electron chi connectivity index (χ2n) is 5.25. The van der Waals surface area contributed by atoms with Gasteiger partial charge in [-0.3, -0.25) is 4.79 Å². The molecule has 6 nitrogen and oxygen atoms in total. The Morgan fingerprint density at radius 1 is 1.08 bits per heavy atom. The Bertz CT molecular complexity index is 744. The number of hydrogen-bond acceptors (Lipinski definition) is 5. The molecule has 0 aliphatic heterocycles. The zero-order valence-corrected chi connectivity index (χ0v) is 14.4. The molecule has 0 heterocycles. The molecule has 0 aliphatic rings. The van der Waals surface area contributed by atoms with Crippen molar-refractivity contribution in [2.45, 2.75) is 12.3 Å². The zero-order chi connectivity index (χ0) is 18.2. The van der Waals surface area contributed by atoms with Crippen LogP contribution in [0, 0.1) is 11.3 Å². The van der Waals surface area contributed by atoms with E-state index >= 15 is 0 Å². The van der Waals surface area contributed by atoms with Crippen molar-refractivity contribution >= 4 is 11.6 Å². The molecule has 1 unspecified atom stereocenters. The molecular formula is C19H20N2O4. The third-order valence-electron chi connectivity index (χ3n) is 3.73. The van der Waals surface area contributed by atoms with E-state index in [0.29, 0.717) is 22.9 Å². The van der Waals surface area contributed by atoms with Crippen molar-refractivity contribution in [3.8, 4) is 23.3 Å². The monoisotopic (exact) mass is 340 g/mol. The molecule has 0 aromatic heterocycles. The van der Waals surface area contributed by atoms with E-state index in [1.54, 1.807) is 12.1 Å². The van der Waals surface area contributed by atoms with Crippen LogP contribution in [0.4, 0.5) is 5.69 Å². The highest BCUT2D eigenvalue weighted by atomic mass is 16.5. The number of carbonyl (C=O) groups excluding carboxylic acids is 1. The Balaban J connectivity index is 2.21. The highest BCUT2D eigenvalue weighted by molar-refractivity contribution is 5.95. The Kier molecular flexibility index (Phi) is 6.24. The summed E-state index contributed by atoms with van der Waals surface area (Å²) in [6, 6.07) is 14.7. The minimum Gasteiger partial charge on any atom is -0.496 e. The predicted molar refractivity (Wildman–Crippen MR) is 94.1 cm³/mol. The molecule has 0 spiro atoms. The molecular weight excluding hydrogens is 320 g/mol. The van der Waals surface area contributed by atoms with Crippen molar-refractivity contribution in [3.63, 3.8) is 0 Å². The molecule has 0 radical (unpaired) electrons. The molecule has 0 fully saturated rings. The van der Waals surface area contributed by atoms with Gasteiger partial charge >= 0.3 is 0 Å². The Morgan fingerprint density at radius 3 is 2.16 bits per heavy atom. The van der Waals surface area contributed by atoms with E-state index in [1.165, 1.54) is 21.3 Å². The molecule has 0 saturated carbocycles. The van der Waals surface area contributed by atoms with E-state index in [0.717, 1.165) is 5.56 Å². The normalized spacial score (nSPS) is 11.1. The Hall–Kier alpha value is -3.20. The van der Waals surface area contributed by atoms with Crippen LogP contribution in [0.2, 0.25) is 0 Å².